The summed E-state index contributed by atoms with van der Waals surface area (Å²) >= 11 is 0. The first-order valence-electron chi connectivity index (χ1n) is 6.44. The number of hydrogen-bond acceptors (Lipinski definition) is 7. The molecule has 0 saturated heterocycles. The number of benzene rings is 1. The van der Waals surface area contributed by atoms with Crippen molar-refractivity contribution in [3.63, 3.8) is 0 Å². The molecule has 0 amide bonds. The van der Waals surface area contributed by atoms with Crippen LogP contribution in [0.2, 0.25) is 0 Å². The molecular weight excluding hydrogens is 270 g/mol. The molecule has 21 heavy (non-hydrogen) atoms. The maximum absolute atomic E-state index is 11.1. The minimum atomic E-state index is -0.281. The molecule has 0 aliphatic rings. The van der Waals surface area contributed by atoms with Gasteiger partial charge in [-0.15, -0.1) is 0 Å². The summed E-state index contributed by atoms with van der Waals surface area (Å²) in [6.45, 7) is 0.419. The van der Waals surface area contributed by atoms with Crippen LogP contribution < -0.4 is 16.6 Å². The second-order valence-corrected chi connectivity index (χ2v) is 4.23. The Hall–Kier alpha value is -2.67. The number of ether oxygens (including phenoxy) is 1. The van der Waals surface area contributed by atoms with Gasteiger partial charge in [0.15, 0.2) is 5.82 Å². The van der Waals surface area contributed by atoms with Crippen molar-refractivity contribution in [2.24, 2.45) is 5.84 Å². The molecule has 7 heteroatoms. The van der Waals surface area contributed by atoms with Crippen LogP contribution in [0.5, 0.6) is 0 Å². The third-order valence-corrected chi connectivity index (χ3v) is 2.77. The van der Waals surface area contributed by atoms with Crippen LogP contribution in [0, 0.1) is 0 Å². The van der Waals surface area contributed by atoms with Gasteiger partial charge in [0.25, 0.3) is 0 Å². The summed E-state index contributed by atoms with van der Waals surface area (Å²) in [5.41, 5.74) is 3.39. The molecule has 0 aliphatic carbocycles. The average Bonchev–Trinajstić information content (AvgIpc) is 2.55. The van der Waals surface area contributed by atoms with E-state index in [2.05, 4.69) is 25.4 Å². The first-order chi connectivity index (χ1) is 10.2. The number of hydrazine groups is 1. The summed E-state index contributed by atoms with van der Waals surface area (Å²) in [4.78, 5) is 19.8. The topological polar surface area (TPSA) is 102 Å². The van der Waals surface area contributed by atoms with Crippen molar-refractivity contribution < 1.29 is 9.53 Å². The molecule has 0 aliphatic heterocycles. The van der Waals surface area contributed by atoms with Crippen molar-refractivity contribution in [2.75, 3.05) is 24.4 Å². The van der Waals surface area contributed by atoms with Gasteiger partial charge in [-0.1, -0.05) is 30.3 Å². The number of nitrogens with zero attached hydrogens (tertiary/aromatic N) is 2. The standard InChI is InChI=1S/C14H17N5O2/c1-21-13(20)7-8-16-11-9-12(19-15)18-14(17-11)10-5-3-2-4-6-10/h2-6,9H,7-8,15H2,1H3,(H2,16,17,18,19). The molecule has 0 spiro atoms. The maximum Gasteiger partial charge on any atom is 0.307 e. The lowest BCUT2D eigenvalue weighted by molar-refractivity contribution is -0.140. The highest BCUT2D eigenvalue weighted by Gasteiger charge is 2.07. The van der Waals surface area contributed by atoms with Crippen LogP contribution in [-0.4, -0.2) is 29.6 Å². The highest BCUT2D eigenvalue weighted by Crippen LogP contribution is 2.19. The Kier molecular flexibility index (Phi) is 5.05. The van der Waals surface area contributed by atoms with Gasteiger partial charge in [0, 0.05) is 18.2 Å². The first-order valence-corrected chi connectivity index (χ1v) is 6.44. The molecule has 1 aromatic heterocycles. The number of aromatic nitrogens is 2. The second-order valence-electron chi connectivity index (χ2n) is 4.23. The van der Waals surface area contributed by atoms with Crippen LogP contribution in [0.25, 0.3) is 11.4 Å². The molecule has 2 aromatic rings. The molecule has 7 nitrogen and oxygen atoms in total. The Morgan fingerprint density at radius 3 is 2.62 bits per heavy atom. The van der Waals surface area contributed by atoms with E-state index >= 15 is 0 Å². The summed E-state index contributed by atoms with van der Waals surface area (Å²) in [5.74, 6) is 6.76. The Bertz CT molecular complexity index is 604. The minimum absolute atomic E-state index is 0.257. The second kappa shape index (κ2) is 7.20. The Morgan fingerprint density at radius 2 is 1.95 bits per heavy atom. The van der Waals surface area contributed by atoms with Crippen molar-refractivity contribution in [3.8, 4) is 11.4 Å². The Morgan fingerprint density at radius 1 is 1.24 bits per heavy atom. The molecule has 0 saturated carbocycles. The molecule has 1 aromatic carbocycles. The van der Waals surface area contributed by atoms with Crippen molar-refractivity contribution in [2.45, 2.75) is 6.42 Å². The minimum Gasteiger partial charge on any atom is -0.469 e. The van der Waals surface area contributed by atoms with Gasteiger partial charge in [-0.2, -0.15) is 0 Å². The van der Waals surface area contributed by atoms with E-state index in [0.29, 0.717) is 24.0 Å². The van der Waals surface area contributed by atoms with Crippen molar-refractivity contribution in [3.05, 3.63) is 36.4 Å². The van der Waals surface area contributed by atoms with Gasteiger partial charge < -0.3 is 15.5 Å². The SMILES string of the molecule is COC(=O)CCNc1cc(NN)nc(-c2ccccc2)n1. The molecule has 0 atom stereocenters. The molecule has 0 bridgehead atoms. The van der Waals surface area contributed by atoms with Crippen LogP contribution in [-0.2, 0) is 9.53 Å². The van der Waals surface area contributed by atoms with Gasteiger partial charge in [0.1, 0.15) is 11.6 Å². The number of nitrogen functional groups attached to an aromatic ring is 1. The largest absolute Gasteiger partial charge is 0.469 e. The number of nitrogens with one attached hydrogen (secondary N) is 2. The molecule has 110 valence electrons. The van der Waals surface area contributed by atoms with Gasteiger partial charge in [-0.25, -0.2) is 15.8 Å². The van der Waals surface area contributed by atoms with Crippen LogP contribution in [0.1, 0.15) is 6.42 Å². The molecule has 0 fully saturated rings. The first kappa shape index (κ1) is 14.7. The van der Waals surface area contributed by atoms with Crippen LogP contribution in [0.15, 0.2) is 36.4 Å². The van der Waals surface area contributed by atoms with Gasteiger partial charge in [0.2, 0.25) is 0 Å². The van der Waals surface area contributed by atoms with E-state index in [9.17, 15) is 4.79 Å². The van der Waals surface area contributed by atoms with Gasteiger partial charge in [-0.3, -0.25) is 4.79 Å². The highest BCUT2D eigenvalue weighted by molar-refractivity contribution is 5.70. The summed E-state index contributed by atoms with van der Waals surface area (Å²) in [6, 6.07) is 11.2. The van der Waals surface area contributed by atoms with Crippen LogP contribution in [0.3, 0.4) is 0 Å². The zero-order valence-corrected chi connectivity index (χ0v) is 11.7. The molecule has 2 rings (SSSR count). The zero-order valence-electron chi connectivity index (χ0n) is 11.7. The molecule has 1 heterocycles. The fourth-order valence-electron chi connectivity index (χ4n) is 1.72. The Labute approximate surface area is 122 Å². The van der Waals surface area contributed by atoms with Gasteiger partial charge in [-0.05, 0) is 0 Å². The molecular formula is C14H17N5O2. The van der Waals surface area contributed by atoms with E-state index in [0.717, 1.165) is 5.56 Å². The average molecular weight is 287 g/mol. The van der Waals surface area contributed by atoms with Gasteiger partial charge in [0.05, 0.1) is 13.5 Å². The highest BCUT2D eigenvalue weighted by atomic mass is 16.5. The smallest absolute Gasteiger partial charge is 0.307 e. The predicted octanol–water partition coefficient (Wildman–Crippen LogP) is 1.40. The van der Waals surface area contributed by atoms with Crippen molar-refractivity contribution in [1.29, 1.82) is 0 Å². The van der Waals surface area contributed by atoms with Crippen LogP contribution in [0.4, 0.5) is 11.6 Å². The molecule has 4 N–H and O–H groups in total. The van der Waals surface area contributed by atoms with Gasteiger partial charge >= 0.3 is 5.97 Å². The number of hydrogen-bond donors (Lipinski definition) is 3. The van der Waals surface area contributed by atoms with E-state index in [1.807, 2.05) is 30.3 Å². The number of methoxy groups -OCH3 is 1. The third-order valence-electron chi connectivity index (χ3n) is 2.77. The lowest BCUT2D eigenvalue weighted by atomic mass is 10.2. The third kappa shape index (κ3) is 4.15. The fourth-order valence-corrected chi connectivity index (χ4v) is 1.72. The lowest BCUT2D eigenvalue weighted by Gasteiger charge is -2.09. The Balaban J connectivity index is 2.16. The van der Waals surface area contributed by atoms with E-state index in [1.54, 1.807) is 6.07 Å². The van der Waals surface area contributed by atoms with Crippen molar-refractivity contribution >= 4 is 17.6 Å². The normalized spacial score (nSPS) is 10.0. The van der Waals surface area contributed by atoms with E-state index in [4.69, 9.17) is 5.84 Å². The summed E-state index contributed by atoms with van der Waals surface area (Å²) < 4.78 is 4.58. The van der Waals surface area contributed by atoms with Crippen LogP contribution >= 0.6 is 0 Å². The van der Waals surface area contributed by atoms with E-state index in [-0.39, 0.29) is 12.4 Å². The fraction of sp³-hybridized carbons (Fsp3) is 0.214. The monoisotopic (exact) mass is 287 g/mol. The number of carbonyl (C=O) groups excluding carboxylic acids is 1. The van der Waals surface area contributed by atoms with E-state index < -0.39 is 0 Å². The maximum atomic E-state index is 11.1. The lowest BCUT2D eigenvalue weighted by Crippen LogP contribution is -2.13. The number of carbonyl (C=O) groups is 1. The van der Waals surface area contributed by atoms with E-state index in [1.165, 1.54) is 7.11 Å². The molecule has 0 unspecified atom stereocenters. The summed E-state index contributed by atoms with van der Waals surface area (Å²) in [5, 5.41) is 3.05. The number of anilines is 2. The van der Waals surface area contributed by atoms with Crippen molar-refractivity contribution in [1.82, 2.24) is 9.97 Å². The molecule has 0 radical (unpaired) electrons. The summed E-state index contributed by atoms with van der Waals surface area (Å²) in [6.07, 6.45) is 0.257. The predicted molar refractivity (Wildman–Crippen MR) is 80.4 cm³/mol. The number of esters is 1. The summed E-state index contributed by atoms with van der Waals surface area (Å²) in [7, 11) is 1.36. The quantitative estimate of drug-likeness (QED) is 0.419. The number of nitrogens with two attached hydrogens (primary N) is 1. The zero-order chi connectivity index (χ0) is 15.1. The number of rotatable bonds is 6.